The van der Waals surface area contributed by atoms with E-state index in [0.29, 0.717) is 13.2 Å². The number of cyclic esters (lactones) is 1. The number of likely N-dealkylation sites (tertiary alicyclic amines) is 1. The Kier molecular flexibility index (Phi) is 5.01. The lowest BCUT2D eigenvalue weighted by atomic mass is 9.86. The maximum atomic E-state index is 12.0. The molecule has 0 spiro atoms. The van der Waals surface area contributed by atoms with Crippen LogP contribution in [-0.2, 0) is 4.74 Å². The zero-order valence-corrected chi connectivity index (χ0v) is 12.9. The number of hydrogen-bond donors (Lipinski definition) is 1. The molecule has 3 atom stereocenters. The molecule has 21 heavy (non-hydrogen) atoms. The first kappa shape index (κ1) is 15.1. The second-order valence-electron chi connectivity index (χ2n) is 6.86. The van der Waals surface area contributed by atoms with Gasteiger partial charge in [0.1, 0.15) is 6.61 Å². The van der Waals surface area contributed by atoms with E-state index in [-0.39, 0.29) is 24.2 Å². The molecule has 5 nitrogen and oxygen atoms in total. The second kappa shape index (κ2) is 6.97. The molecule has 2 heterocycles. The quantitative estimate of drug-likeness (QED) is 0.860. The highest BCUT2D eigenvalue weighted by molar-refractivity contribution is 5.70. The van der Waals surface area contributed by atoms with Crippen LogP contribution in [0.5, 0.6) is 0 Å². The minimum atomic E-state index is -0.247. The number of carbonyl (C=O) groups excluding carboxylic acids is 1. The molecule has 120 valence electrons. The standard InChI is InChI=1S/C16H28N2O3/c19-15-7-3-2-6-13(15)10-18-14(12-21-16(18)20)11-17-8-4-1-5-9-17/h13-15,19H,1-12H2/t13-,14?,15+/m0/s1. The molecule has 1 N–H and O–H groups in total. The van der Waals surface area contributed by atoms with Gasteiger partial charge in [0.05, 0.1) is 12.1 Å². The van der Waals surface area contributed by atoms with Crippen LogP contribution in [0.25, 0.3) is 0 Å². The van der Waals surface area contributed by atoms with Crippen LogP contribution >= 0.6 is 0 Å². The zero-order valence-electron chi connectivity index (χ0n) is 12.9. The zero-order chi connectivity index (χ0) is 14.7. The normalized spacial score (nSPS) is 35.0. The smallest absolute Gasteiger partial charge is 0.410 e. The molecule has 2 aliphatic heterocycles. The van der Waals surface area contributed by atoms with Gasteiger partial charge in [-0.05, 0) is 38.8 Å². The Bertz CT molecular complexity index is 357. The maximum Gasteiger partial charge on any atom is 0.410 e. The van der Waals surface area contributed by atoms with Gasteiger partial charge < -0.3 is 19.6 Å². The van der Waals surface area contributed by atoms with Crippen molar-refractivity contribution >= 4 is 6.09 Å². The second-order valence-corrected chi connectivity index (χ2v) is 6.86. The van der Waals surface area contributed by atoms with E-state index in [2.05, 4.69) is 4.90 Å². The molecular formula is C16H28N2O3. The Morgan fingerprint density at radius 1 is 1.05 bits per heavy atom. The number of rotatable bonds is 4. The molecular weight excluding hydrogens is 268 g/mol. The lowest BCUT2D eigenvalue weighted by Gasteiger charge is -2.35. The Balaban J connectivity index is 1.56. The first-order chi connectivity index (χ1) is 10.2. The third kappa shape index (κ3) is 3.69. The summed E-state index contributed by atoms with van der Waals surface area (Å²) in [5.41, 5.74) is 0. The number of ether oxygens (including phenoxy) is 1. The van der Waals surface area contributed by atoms with E-state index >= 15 is 0 Å². The molecule has 0 aromatic heterocycles. The predicted octanol–water partition coefficient (Wildman–Crippen LogP) is 1.84. The number of aliphatic hydroxyl groups excluding tert-OH is 1. The Morgan fingerprint density at radius 3 is 2.57 bits per heavy atom. The van der Waals surface area contributed by atoms with Crippen LogP contribution in [0.1, 0.15) is 44.9 Å². The minimum Gasteiger partial charge on any atom is -0.447 e. The lowest BCUT2D eigenvalue weighted by Crippen LogP contribution is -2.47. The van der Waals surface area contributed by atoms with Gasteiger partial charge in [0.25, 0.3) is 0 Å². The lowest BCUT2D eigenvalue weighted by molar-refractivity contribution is 0.0466. The van der Waals surface area contributed by atoms with Gasteiger partial charge in [-0.25, -0.2) is 4.79 Å². The Labute approximate surface area is 127 Å². The van der Waals surface area contributed by atoms with E-state index in [9.17, 15) is 9.90 Å². The highest BCUT2D eigenvalue weighted by Crippen LogP contribution is 2.27. The Hall–Kier alpha value is -0.810. The van der Waals surface area contributed by atoms with Crippen molar-refractivity contribution in [2.75, 3.05) is 32.8 Å². The van der Waals surface area contributed by atoms with Crippen molar-refractivity contribution < 1.29 is 14.6 Å². The van der Waals surface area contributed by atoms with Crippen LogP contribution in [0, 0.1) is 5.92 Å². The molecule has 1 aliphatic carbocycles. The fourth-order valence-corrected chi connectivity index (χ4v) is 3.96. The number of hydrogen-bond acceptors (Lipinski definition) is 4. The van der Waals surface area contributed by atoms with Gasteiger partial charge in [0.15, 0.2) is 0 Å². The molecule has 1 saturated carbocycles. The number of nitrogens with zero attached hydrogens (tertiary/aromatic N) is 2. The third-order valence-electron chi connectivity index (χ3n) is 5.29. The van der Waals surface area contributed by atoms with Crippen LogP contribution in [0.4, 0.5) is 4.79 Å². The summed E-state index contributed by atoms with van der Waals surface area (Å²) in [6, 6.07) is 0.171. The van der Waals surface area contributed by atoms with E-state index < -0.39 is 0 Å². The molecule has 2 saturated heterocycles. The highest BCUT2D eigenvalue weighted by atomic mass is 16.6. The van der Waals surface area contributed by atoms with Crippen molar-refractivity contribution in [3.8, 4) is 0 Å². The van der Waals surface area contributed by atoms with E-state index in [1.807, 2.05) is 4.90 Å². The number of carbonyl (C=O) groups is 1. The number of amides is 1. The van der Waals surface area contributed by atoms with Crippen molar-refractivity contribution in [1.29, 1.82) is 0 Å². The molecule has 0 aromatic rings. The van der Waals surface area contributed by atoms with Gasteiger partial charge in [0, 0.05) is 19.0 Å². The van der Waals surface area contributed by atoms with Gasteiger partial charge in [-0.15, -0.1) is 0 Å². The summed E-state index contributed by atoms with van der Waals surface area (Å²) in [7, 11) is 0. The third-order valence-corrected chi connectivity index (χ3v) is 5.29. The highest BCUT2D eigenvalue weighted by Gasteiger charge is 2.37. The molecule has 3 aliphatic rings. The first-order valence-corrected chi connectivity index (χ1v) is 8.58. The molecule has 1 unspecified atom stereocenters. The van der Waals surface area contributed by atoms with Crippen molar-refractivity contribution in [1.82, 2.24) is 9.80 Å². The molecule has 3 fully saturated rings. The van der Waals surface area contributed by atoms with Gasteiger partial charge in [0.2, 0.25) is 0 Å². The van der Waals surface area contributed by atoms with Crippen LogP contribution < -0.4 is 0 Å². The maximum absolute atomic E-state index is 12.0. The monoisotopic (exact) mass is 296 g/mol. The topological polar surface area (TPSA) is 53.0 Å². The summed E-state index contributed by atoms with van der Waals surface area (Å²) in [4.78, 5) is 16.4. The van der Waals surface area contributed by atoms with Gasteiger partial charge in [-0.3, -0.25) is 0 Å². The largest absolute Gasteiger partial charge is 0.447 e. The summed E-state index contributed by atoms with van der Waals surface area (Å²) in [5, 5.41) is 10.1. The fraction of sp³-hybridized carbons (Fsp3) is 0.938. The van der Waals surface area contributed by atoms with Gasteiger partial charge in [-0.2, -0.15) is 0 Å². The summed E-state index contributed by atoms with van der Waals surface area (Å²) >= 11 is 0. The molecule has 5 heteroatoms. The Morgan fingerprint density at radius 2 is 1.81 bits per heavy atom. The molecule has 1 amide bonds. The first-order valence-electron chi connectivity index (χ1n) is 8.58. The van der Waals surface area contributed by atoms with E-state index in [1.54, 1.807) is 0 Å². The molecule has 0 bridgehead atoms. The summed E-state index contributed by atoms with van der Waals surface area (Å²) < 4.78 is 5.28. The number of piperidine rings is 1. The predicted molar refractivity (Wildman–Crippen MR) is 80.1 cm³/mol. The van der Waals surface area contributed by atoms with Crippen LogP contribution in [-0.4, -0.2) is 65.9 Å². The fourth-order valence-electron chi connectivity index (χ4n) is 3.96. The van der Waals surface area contributed by atoms with Crippen LogP contribution in [0.2, 0.25) is 0 Å². The average molecular weight is 296 g/mol. The van der Waals surface area contributed by atoms with Crippen molar-refractivity contribution in [2.45, 2.75) is 57.1 Å². The molecule has 0 aromatic carbocycles. The molecule has 3 rings (SSSR count). The average Bonchev–Trinajstić information content (AvgIpc) is 2.84. The van der Waals surface area contributed by atoms with E-state index in [1.165, 1.54) is 25.7 Å². The number of aliphatic hydroxyl groups is 1. The van der Waals surface area contributed by atoms with Crippen molar-refractivity contribution in [2.24, 2.45) is 5.92 Å². The van der Waals surface area contributed by atoms with Gasteiger partial charge >= 0.3 is 6.09 Å². The van der Waals surface area contributed by atoms with Gasteiger partial charge in [-0.1, -0.05) is 19.3 Å². The molecule has 0 radical (unpaired) electrons. The van der Waals surface area contributed by atoms with Crippen LogP contribution in [0.3, 0.4) is 0 Å². The van der Waals surface area contributed by atoms with Crippen molar-refractivity contribution in [3.63, 3.8) is 0 Å². The van der Waals surface area contributed by atoms with Crippen molar-refractivity contribution in [3.05, 3.63) is 0 Å². The van der Waals surface area contributed by atoms with E-state index in [0.717, 1.165) is 38.9 Å². The summed E-state index contributed by atoms with van der Waals surface area (Å²) in [6.07, 6.45) is 7.62. The summed E-state index contributed by atoms with van der Waals surface area (Å²) in [6.45, 7) is 4.39. The summed E-state index contributed by atoms with van der Waals surface area (Å²) in [5.74, 6) is 0.230. The van der Waals surface area contributed by atoms with E-state index in [4.69, 9.17) is 4.74 Å². The van der Waals surface area contributed by atoms with Crippen LogP contribution in [0.15, 0.2) is 0 Å². The minimum absolute atomic E-state index is 0.171. The SMILES string of the molecule is O=C1OCC(CN2CCCCC2)N1C[C@@H]1CCCC[C@H]1O.